The molecule has 0 spiro atoms. The van der Waals surface area contributed by atoms with Crippen LogP contribution in [0, 0.1) is 0 Å². The van der Waals surface area contributed by atoms with Crippen molar-refractivity contribution < 1.29 is 47.8 Å². The van der Waals surface area contributed by atoms with Gasteiger partial charge in [0.15, 0.2) is 6.04 Å². The number of hydrogen-bond donors (Lipinski definition) is 4. The average molecular weight is 996 g/mol. The minimum absolute atomic E-state index is 0.124. The molecule has 0 aromatic rings. The number of ether oxygens (including phenoxy) is 1. The molecular formula is C58H94NO10P. The van der Waals surface area contributed by atoms with Crippen LogP contribution in [0.15, 0.2) is 122 Å². The van der Waals surface area contributed by atoms with Crippen molar-refractivity contribution in [1.82, 2.24) is 5.32 Å². The summed E-state index contributed by atoms with van der Waals surface area (Å²) in [6, 6.07) is -1.57. The summed E-state index contributed by atoms with van der Waals surface area (Å²) in [5.41, 5.74) is 0. The van der Waals surface area contributed by atoms with Crippen LogP contribution in [0.3, 0.4) is 0 Å². The third kappa shape index (κ3) is 50.3. The zero-order valence-electron chi connectivity index (χ0n) is 43.3. The van der Waals surface area contributed by atoms with Gasteiger partial charge in [-0.25, -0.2) is 9.36 Å². The van der Waals surface area contributed by atoms with Gasteiger partial charge in [-0.3, -0.25) is 18.6 Å². The second kappa shape index (κ2) is 51.2. The maximum Gasteiger partial charge on any atom is 0.472 e. The Labute approximate surface area is 424 Å². The number of carbonyl (C=O) groups is 3. The van der Waals surface area contributed by atoms with E-state index in [1.54, 1.807) is 0 Å². The highest BCUT2D eigenvalue weighted by Crippen LogP contribution is 2.43. The van der Waals surface area contributed by atoms with E-state index in [9.17, 15) is 34.1 Å². The number of carboxylic acid groups (broad SMARTS) is 1. The van der Waals surface area contributed by atoms with Crippen molar-refractivity contribution in [3.8, 4) is 0 Å². The lowest BCUT2D eigenvalue weighted by Gasteiger charge is -2.18. The van der Waals surface area contributed by atoms with Crippen LogP contribution in [0.5, 0.6) is 0 Å². The molecule has 0 saturated carbocycles. The second-order valence-electron chi connectivity index (χ2n) is 17.3. The van der Waals surface area contributed by atoms with E-state index in [2.05, 4.69) is 141 Å². The fraction of sp³-hybridized carbons (Fsp3) is 0.603. The summed E-state index contributed by atoms with van der Waals surface area (Å²) >= 11 is 0. The molecule has 4 N–H and O–H groups in total. The minimum atomic E-state index is -4.78. The molecule has 3 atom stereocenters. The Morgan fingerprint density at radius 1 is 0.471 bits per heavy atom. The highest BCUT2D eigenvalue weighted by Gasteiger charge is 2.28. The summed E-state index contributed by atoms with van der Waals surface area (Å²) in [4.78, 5) is 46.2. The highest BCUT2D eigenvalue weighted by molar-refractivity contribution is 7.47. The molecule has 0 aliphatic heterocycles. The van der Waals surface area contributed by atoms with E-state index in [1.807, 2.05) is 0 Å². The molecule has 11 nitrogen and oxygen atoms in total. The number of aliphatic hydroxyl groups excluding tert-OH is 1. The quantitative estimate of drug-likeness (QED) is 0.0199. The van der Waals surface area contributed by atoms with Crippen LogP contribution in [0.25, 0.3) is 0 Å². The van der Waals surface area contributed by atoms with Gasteiger partial charge >= 0.3 is 19.8 Å². The van der Waals surface area contributed by atoms with Crippen molar-refractivity contribution in [2.24, 2.45) is 0 Å². The fourth-order valence-electron chi connectivity index (χ4n) is 6.65. The van der Waals surface area contributed by atoms with Gasteiger partial charge in [-0.05, 0) is 109 Å². The topological polar surface area (TPSA) is 169 Å². The molecule has 0 aromatic heterocycles. The number of unbranched alkanes of at least 4 members (excludes halogenated alkanes) is 14. The summed E-state index contributed by atoms with van der Waals surface area (Å²) in [6.07, 6.45) is 69.2. The number of esters is 1. The predicted molar refractivity (Wildman–Crippen MR) is 290 cm³/mol. The van der Waals surface area contributed by atoms with Gasteiger partial charge in [-0.15, -0.1) is 0 Å². The van der Waals surface area contributed by atoms with Crippen LogP contribution in [0.1, 0.15) is 194 Å². The van der Waals surface area contributed by atoms with E-state index in [0.29, 0.717) is 12.8 Å². The lowest BCUT2D eigenvalue weighted by molar-refractivity contribution is -0.147. The number of phosphoric ester groups is 1. The van der Waals surface area contributed by atoms with Crippen molar-refractivity contribution in [2.45, 2.75) is 206 Å². The number of nitrogens with one attached hydrogen (secondary N) is 1. The lowest BCUT2D eigenvalue weighted by atomic mass is 10.1. The van der Waals surface area contributed by atoms with E-state index in [1.165, 1.54) is 25.7 Å². The molecule has 0 aliphatic carbocycles. The predicted octanol–water partition coefficient (Wildman–Crippen LogP) is 15.1. The molecule has 0 bridgehead atoms. The lowest BCUT2D eigenvalue weighted by Crippen LogP contribution is -2.43. The zero-order chi connectivity index (χ0) is 51.3. The summed E-state index contributed by atoms with van der Waals surface area (Å²) in [6.45, 7) is 2.42. The largest absolute Gasteiger partial charge is 0.480 e. The molecule has 396 valence electrons. The van der Waals surface area contributed by atoms with Crippen molar-refractivity contribution in [3.63, 3.8) is 0 Å². The number of aliphatic hydroxyl groups is 1. The van der Waals surface area contributed by atoms with Gasteiger partial charge in [-0.1, -0.05) is 193 Å². The molecule has 0 heterocycles. The Balaban J connectivity index is 3.92. The maximum atomic E-state index is 12.4. The number of rotatable bonds is 48. The molecule has 0 aromatic carbocycles. The molecule has 0 fully saturated rings. The van der Waals surface area contributed by atoms with Crippen LogP contribution in [-0.4, -0.2) is 64.9 Å². The smallest absolute Gasteiger partial charge is 0.472 e. The number of aliphatic carboxylic acids is 1. The Hall–Kier alpha value is -4.12. The number of allylic oxidation sites excluding steroid dienone is 20. The van der Waals surface area contributed by atoms with Crippen LogP contribution < -0.4 is 5.32 Å². The Bertz CT molecular complexity index is 1640. The third-order valence-electron chi connectivity index (χ3n) is 10.7. The van der Waals surface area contributed by atoms with Crippen molar-refractivity contribution in [1.29, 1.82) is 0 Å². The summed E-state index contributed by atoms with van der Waals surface area (Å²) in [5.74, 6) is -2.43. The number of hydrogen-bond acceptors (Lipinski definition) is 8. The summed E-state index contributed by atoms with van der Waals surface area (Å²) in [5, 5.41) is 21.9. The minimum Gasteiger partial charge on any atom is -0.480 e. The molecule has 0 radical (unpaired) electrons. The first kappa shape index (κ1) is 65.9. The van der Waals surface area contributed by atoms with Gasteiger partial charge in [-0.2, -0.15) is 0 Å². The number of carbonyl (C=O) groups excluding carboxylic acids is 2. The van der Waals surface area contributed by atoms with Gasteiger partial charge in [0.05, 0.1) is 13.2 Å². The van der Waals surface area contributed by atoms with Gasteiger partial charge in [0.1, 0.15) is 12.7 Å². The SMILES string of the molecule is CC/C=C\C/C=C\C/C=C\C/C=C\C/C=C\C/C=C\CCCCCCC(=O)OCC(O)COP(=O)(O)OCC(NC(=O)CCCCCCCCC/C=C\C/C=C\C/C=C\C/C=C\CCCCC)C(=O)O. The summed E-state index contributed by atoms with van der Waals surface area (Å²) < 4.78 is 27.0. The van der Waals surface area contributed by atoms with E-state index in [0.717, 1.165) is 128 Å². The normalized spacial score (nSPS) is 14.5. The molecule has 0 saturated heterocycles. The fourth-order valence-corrected chi connectivity index (χ4v) is 7.43. The van der Waals surface area contributed by atoms with E-state index in [4.69, 9.17) is 13.8 Å². The monoisotopic (exact) mass is 996 g/mol. The molecule has 70 heavy (non-hydrogen) atoms. The van der Waals surface area contributed by atoms with Gasteiger partial charge in [0.25, 0.3) is 0 Å². The van der Waals surface area contributed by atoms with Crippen molar-refractivity contribution in [3.05, 3.63) is 122 Å². The van der Waals surface area contributed by atoms with Crippen LogP contribution in [-0.2, 0) is 32.7 Å². The molecule has 0 aliphatic rings. The average Bonchev–Trinajstić information content (AvgIpc) is 3.34. The Morgan fingerprint density at radius 2 is 0.829 bits per heavy atom. The maximum absolute atomic E-state index is 12.4. The van der Waals surface area contributed by atoms with Crippen molar-refractivity contribution in [2.75, 3.05) is 19.8 Å². The Morgan fingerprint density at radius 3 is 1.24 bits per heavy atom. The Kier molecular flexibility index (Phi) is 48.2. The number of carboxylic acids is 1. The molecule has 1 amide bonds. The third-order valence-corrected chi connectivity index (χ3v) is 11.7. The standard InChI is InChI=1S/C58H94NO10P/c1-3-5-7-9-11-13-15-17-19-21-23-25-27-29-31-33-35-37-39-41-43-45-47-49-56(61)59-55(58(63)64)53-69-70(65,66)68-52-54(60)51-67-57(62)50-48-46-44-42-40-38-36-34-32-30-28-26-24-22-20-18-16-14-12-10-8-6-4-2/h6,8,11-14,17-20,23-26,29-32,36,38,54-55,60H,3-5,7,9-10,15-16,21-22,27-28,33-35,37,39-53H2,1-2H3,(H,59,61)(H,63,64)(H,65,66)/b8-6-,13-11-,14-12-,19-17-,20-18-,25-23-,26-24-,31-29-,32-30-,38-36-. The summed E-state index contributed by atoms with van der Waals surface area (Å²) in [7, 11) is -4.78. The first-order valence-corrected chi connectivity index (χ1v) is 28.1. The van der Waals surface area contributed by atoms with Crippen LogP contribution >= 0.6 is 7.82 Å². The van der Waals surface area contributed by atoms with E-state index >= 15 is 0 Å². The van der Waals surface area contributed by atoms with Crippen LogP contribution in [0.4, 0.5) is 0 Å². The number of amides is 1. The second-order valence-corrected chi connectivity index (χ2v) is 18.8. The molecule has 0 rings (SSSR count). The van der Waals surface area contributed by atoms with Gasteiger partial charge < -0.3 is 25.2 Å². The first-order valence-electron chi connectivity index (χ1n) is 26.6. The van der Waals surface area contributed by atoms with Gasteiger partial charge in [0, 0.05) is 12.8 Å². The zero-order valence-corrected chi connectivity index (χ0v) is 44.2. The molecule has 12 heteroatoms. The van der Waals surface area contributed by atoms with E-state index < -0.39 is 57.6 Å². The molecule has 3 unspecified atom stereocenters. The number of phosphoric acid groups is 1. The first-order chi connectivity index (χ1) is 34.1. The van der Waals surface area contributed by atoms with Crippen molar-refractivity contribution >= 4 is 25.7 Å². The van der Waals surface area contributed by atoms with Gasteiger partial charge in [0.2, 0.25) is 5.91 Å². The van der Waals surface area contributed by atoms with Crippen LogP contribution in [0.2, 0.25) is 0 Å². The molecular weight excluding hydrogens is 902 g/mol. The highest BCUT2D eigenvalue weighted by atomic mass is 31.2. The van der Waals surface area contributed by atoms with E-state index in [-0.39, 0.29) is 12.8 Å².